The summed E-state index contributed by atoms with van der Waals surface area (Å²) in [7, 11) is -1.82. The van der Waals surface area contributed by atoms with E-state index < -0.39 is 8.32 Å². The minimum atomic E-state index is -1.82. The molecule has 0 aliphatic rings. The van der Waals surface area contributed by atoms with Crippen molar-refractivity contribution in [3.63, 3.8) is 0 Å². The lowest BCUT2D eigenvalue weighted by Gasteiger charge is -2.36. The molecule has 0 spiro atoms. The van der Waals surface area contributed by atoms with E-state index in [0.717, 1.165) is 22.2 Å². The van der Waals surface area contributed by atoms with Crippen molar-refractivity contribution in [2.24, 2.45) is 0 Å². The van der Waals surface area contributed by atoms with E-state index in [1.165, 1.54) is 0 Å². The number of nitrogens with zero attached hydrogens (tertiary/aromatic N) is 5. The maximum absolute atomic E-state index is 6.30. The third-order valence-electron chi connectivity index (χ3n) is 5.74. The molecule has 0 aliphatic heterocycles. The number of rotatable bonds is 6. The first-order chi connectivity index (χ1) is 14.2. The van der Waals surface area contributed by atoms with Gasteiger partial charge in [-0.15, -0.1) is 15.3 Å². The Bertz CT molecular complexity index is 1180. The van der Waals surface area contributed by atoms with Crippen LogP contribution in [0.1, 0.15) is 32.2 Å². The monoisotopic (exact) mass is 421 g/mol. The van der Waals surface area contributed by atoms with Crippen LogP contribution in [-0.4, -0.2) is 33.1 Å². The Balaban J connectivity index is 1.51. The highest BCUT2D eigenvalue weighted by Gasteiger charge is 2.37. The molecule has 0 saturated heterocycles. The van der Waals surface area contributed by atoms with Crippen LogP contribution in [0.25, 0.3) is 16.4 Å². The number of aromatic nitrogens is 5. The lowest BCUT2D eigenvalue weighted by Crippen LogP contribution is -2.40. The molecule has 0 amide bonds. The smallest absolute Gasteiger partial charge is 0.240 e. The third-order valence-corrected chi connectivity index (χ3v) is 10.2. The summed E-state index contributed by atoms with van der Waals surface area (Å²) in [6, 6.07) is 13.8. The van der Waals surface area contributed by atoms with E-state index in [2.05, 4.69) is 49.2 Å². The van der Waals surface area contributed by atoms with Gasteiger partial charge in [0.05, 0.1) is 18.0 Å². The zero-order valence-electron chi connectivity index (χ0n) is 18.1. The molecule has 4 aromatic rings. The number of hydrogen-bond acceptors (Lipinski definition) is 6. The fraction of sp³-hybridized carbons (Fsp3) is 0.364. The summed E-state index contributed by atoms with van der Waals surface area (Å²) in [5, 5.41) is 14.6. The molecule has 0 fully saturated rings. The molecule has 0 unspecified atom stereocenters. The number of benzene rings is 1. The Kier molecular flexibility index (Phi) is 5.29. The minimum absolute atomic E-state index is 0.168. The van der Waals surface area contributed by atoms with Gasteiger partial charge >= 0.3 is 0 Å². The van der Waals surface area contributed by atoms with Gasteiger partial charge in [0, 0.05) is 10.8 Å². The van der Waals surface area contributed by atoms with Crippen LogP contribution in [0.5, 0.6) is 5.88 Å². The average Bonchev–Trinajstić information content (AvgIpc) is 3.19. The van der Waals surface area contributed by atoms with Crippen LogP contribution < -0.4 is 4.74 Å². The predicted octanol–water partition coefficient (Wildman–Crippen LogP) is 4.77. The van der Waals surface area contributed by atoms with Crippen LogP contribution in [0.3, 0.4) is 0 Å². The Morgan fingerprint density at radius 2 is 1.63 bits per heavy atom. The van der Waals surface area contributed by atoms with Crippen molar-refractivity contribution in [2.45, 2.75) is 52.1 Å². The van der Waals surface area contributed by atoms with Crippen molar-refractivity contribution in [1.29, 1.82) is 0 Å². The normalized spacial score (nSPS) is 12.6. The SMILES string of the molecule is CC(C)(C)[Si](C)(C)OCc1cccc(COc2nn3cnnc3c3ccccc23)n1. The van der Waals surface area contributed by atoms with Gasteiger partial charge in [-0.1, -0.05) is 45.0 Å². The van der Waals surface area contributed by atoms with Crippen LogP contribution in [0, 0.1) is 0 Å². The van der Waals surface area contributed by atoms with Gasteiger partial charge in [0.25, 0.3) is 0 Å². The van der Waals surface area contributed by atoms with E-state index in [9.17, 15) is 0 Å². The molecule has 0 radical (unpaired) electrons. The minimum Gasteiger partial charge on any atom is -0.470 e. The van der Waals surface area contributed by atoms with Crippen LogP contribution in [-0.2, 0) is 17.6 Å². The first-order valence-electron chi connectivity index (χ1n) is 10.0. The van der Waals surface area contributed by atoms with E-state index in [4.69, 9.17) is 14.1 Å². The van der Waals surface area contributed by atoms with Crippen LogP contribution in [0.4, 0.5) is 0 Å². The van der Waals surface area contributed by atoms with Gasteiger partial charge in [-0.2, -0.15) is 4.52 Å². The molecule has 156 valence electrons. The van der Waals surface area contributed by atoms with E-state index in [1.54, 1.807) is 10.8 Å². The van der Waals surface area contributed by atoms with E-state index in [1.807, 2.05) is 42.5 Å². The van der Waals surface area contributed by atoms with Crippen molar-refractivity contribution in [1.82, 2.24) is 24.8 Å². The van der Waals surface area contributed by atoms with Crippen molar-refractivity contribution >= 4 is 24.7 Å². The molecule has 0 saturated carbocycles. The van der Waals surface area contributed by atoms with E-state index in [-0.39, 0.29) is 5.04 Å². The fourth-order valence-electron chi connectivity index (χ4n) is 2.91. The quantitative estimate of drug-likeness (QED) is 0.417. The number of ether oxygens (including phenoxy) is 1. The summed E-state index contributed by atoms with van der Waals surface area (Å²) < 4.78 is 14.0. The first-order valence-corrected chi connectivity index (χ1v) is 13.0. The summed E-state index contributed by atoms with van der Waals surface area (Å²) in [6.45, 7) is 12.0. The Hall–Kier alpha value is -2.84. The van der Waals surface area contributed by atoms with Crippen LogP contribution in [0.2, 0.25) is 18.1 Å². The predicted molar refractivity (Wildman–Crippen MR) is 119 cm³/mol. The molecule has 8 heteroatoms. The van der Waals surface area contributed by atoms with E-state index >= 15 is 0 Å². The van der Waals surface area contributed by atoms with Crippen LogP contribution in [0.15, 0.2) is 48.8 Å². The molecular weight excluding hydrogens is 394 g/mol. The topological polar surface area (TPSA) is 74.4 Å². The van der Waals surface area contributed by atoms with Crippen molar-refractivity contribution in [3.05, 3.63) is 60.2 Å². The van der Waals surface area contributed by atoms with Crippen LogP contribution >= 0.6 is 0 Å². The maximum Gasteiger partial charge on any atom is 0.240 e. The molecule has 0 atom stereocenters. The molecule has 0 N–H and O–H groups in total. The summed E-state index contributed by atoms with van der Waals surface area (Å²) in [4.78, 5) is 4.72. The molecule has 0 aliphatic carbocycles. The zero-order valence-corrected chi connectivity index (χ0v) is 19.1. The second-order valence-electron chi connectivity index (χ2n) is 8.91. The second-order valence-corrected chi connectivity index (χ2v) is 13.7. The Labute approximate surface area is 177 Å². The Morgan fingerprint density at radius 3 is 2.37 bits per heavy atom. The highest BCUT2D eigenvalue weighted by molar-refractivity contribution is 6.74. The lowest BCUT2D eigenvalue weighted by atomic mass is 10.2. The van der Waals surface area contributed by atoms with Gasteiger partial charge in [0.1, 0.15) is 12.9 Å². The van der Waals surface area contributed by atoms with Gasteiger partial charge in [-0.05, 0) is 36.3 Å². The maximum atomic E-state index is 6.30. The number of hydrogen-bond donors (Lipinski definition) is 0. The Morgan fingerprint density at radius 1 is 0.933 bits per heavy atom. The highest BCUT2D eigenvalue weighted by Crippen LogP contribution is 2.37. The lowest BCUT2D eigenvalue weighted by molar-refractivity contribution is 0.267. The molecule has 4 rings (SSSR count). The second kappa shape index (κ2) is 7.77. The van der Waals surface area contributed by atoms with Crippen molar-refractivity contribution in [2.75, 3.05) is 0 Å². The van der Waals surface area contributed by atoms with E-state index in [0.29, 0.717) is 24.7 Å². The molecule has 3 heterocycles. The molecular formula is C22H27N5O2Si. The summed E-state index contributed by atoms with van der Waals surface area (Å²) in [5.74, 6) is 0.530. The van der Waals surface area contributed by atoms with Gasteiger partial charge < -0.3 is 9.16 Å². The number of pyridine rings is 1. The third kappa shape index (κ3) is 4.06. The van der Waals surface area contributed by atoms with Gasteiger partial charge in [0.2, 0.25) is 5.88 Å². The fourth-order valence-corrected chi connectivity index (χ4v) is 3.85. The molecule has 3 aromatic heterocycles. The summed E-state index contributed by atoms with van der Waals surface area (Å²) in [5.41, 5.74) is 2.45. The molecule has 30 heavy (non-hydrogen) atoms. The standard InChI is InChI=1S/C22H27N5O2Si/c1-22(2,3)30(4,5)29-14-17-10-8-9-16(24-17)13-28-21-19-12-7-6-11-18(19)20-25-23-15-27(20)26-21/h6-12,15H,13-14H2,1-5H3. The first kappa shape index (κ1) is 20.4. The highest BCUT2D eigenvalue weighted by atomic mass is 28.4. The molecule has 1 aromatic carbocycles. The number of fused-ring (bicyclic) bond motifs is 3. The van der Waals surface area contributed by atoms with Crippen molar-refractivity contribution in [3.8, 4) is 5.88 Å². The summed E-state index contributed by atoms with van der Waals surface area (Å²) >= 11 is 0. The molecule has 7 nitrogen and oxygen atoms in total. The summed E-state index contributed by atoms with van der Waals surface area (Å²) in [6.07, 6.45) is 1.58. The van der Waals surface area contributed by atoms with Gasteiger partial charge in [-0.25, -0.2) is 0 Å². The zero-order chi connectivity index (χ0) is 21.4. The molecule has 0 bridgehead atoms. The average molecular weight is 422 g/mol. The largest absolute Gasteiger partial charge is 0.470 e. The van der Waals surface area contributed by atoms with Gasteiger partial charge in [0.15, 0.2) is 14.0 Å². The van der Waals surface area contributed by atoms with Gasteiger partial charge in [-0.3, -0.25) is 4.98 Å². The van der Waals surface area contributed by atoms with Crippen molar-refractivity contribution < 1.29 is 9.16 Å².